The predicted octanol–water partition coefficient (Wildman–Crippen LogP) is 4.62. The lowest BCUT2D eigenvalue weighted by molar-refractivity contribution is 0.0735. The molecule has 0 bridgehead atoms. The number of nitrogens with one attached hydrogen (secondary N) is 2. The number of methoxy groups -OCH3 is 1. The molecule has 132 valence electrons. The highest BCUT2D eigenvalue weighted by molar-refractivity contribution is 7.18. The number of esters is 1. The van der Waals surface area contributed by atoms with Gasteiger partial charge in [-0.3, -0.25) is 5.32 Å². The fraction of sp³-hybridized carbons (Fsp3) is 0.0526. The Kier molecular flexibility index (Phi) is 5.50. The molecule has 0 saturated carbocycles. The lowest BCUT2D eigenvalue weighted by atomic mass is 10.3. The summed E-state index contributed by atoms with van der Waals surface area (Å²) in [7, 11) is 1.51. The van der Waals surface area contributed by atoms with Gasteiger partial charge in [0.1, 0.15) is 4.88 Å². The minimum atomic E-state index is -0.518. The van der Waals surface area contributed by atoms with Gasteiger partial charge >= 0.3 is 12.0 Å². The van der Waals surface area contributed by atoms with E-state index in [1.54, 1.807) is 48.5 Å². The van der Waals surface area contributed by atoms with Crippen LogP contribution in [0.5, 0.6) is 11.5 Å². The van der Waals surface area contributed by atoms with Crippen molar-refractivity contribution in [1.82, 2.24) is 0 Å². The van der Waals surface area contributed by atoms with Gasteiger partial charge in [-0.1, -0.05) is 30.3 Å². The Labute approximate surface area is 154 Å². The second-order valence-electron chi connectivity index (χ2n) is 5.15. The SMILES string of the molecule is COc1ccccc1OC(=O)c1ccc(NC(=O)Nc2ccccc2)s1. The summed E-state index contributed by atoms with van der Waals surface area (Å²) in [6.07, 6.45) is 0. The van der Waals surface area contributed by atoms with E-state index in [0.717, 1.165) is 11.3 Å². The van der Waals surface area contributed by atoms with E-state index in [1.807, 2.05) is 18.2 Å². The number of carbonyl (C=O) groups is 2. The van der Waals surface area contributed by atoms with Crippen molar-refractivity contribution >= 4 is 34.0 Å². The van der Waals surface area contributed by atoms with E-state index < -0.39 is 5.97 Å². The first-order valence-electron chi connectivity index (χ1n) is 7.74. The summed E-state index contributed by atoms with van der Waals surface area (Å²) < 4.78 is 10.5. The molecule has 0 spiro atoms. The number of urea groups is 1. The molecule has 2 amide bonds. The topological polar surface area (TPSA) is 76.7 Å². The summed E-state index contributed by atoms with van der Waals surface area (Å²) >= 11 is 1.13. The van der Waals surface area contributed by atoms with Crippen LogP contribution in [0.3, 0.4) is 0 Å². The van der Waals surface area contributed by atoms with Crippen molar-refractivity contribution in [2.24, 2.45) is 0 Å². The third-order valence-electron chi connectivity index (χ3n) is 3.35. The second kappa shape index (κ2) is 8.17. The van der Waals surface area contributed by atoms with Crippen LogP contribution in [-0.4, -0.2) is 19.1 Å². The fourth-order valence-corrected chi connectivity index (χ4v) is 2.94. The van der Waals surface area contributed by atoms with Crippen molar-refractivity contribution in [3.63, 3.8) is 0 Å². The monoisotopic (exact) mass is 368 g/mol. The maximum atomic E-state index is 12.3. The highest BCUT2D eigenvalue weighted by atomic mass is 32.1. The van der Waals surface area contributed by atoms with Gasteiger partial charge in [0.05, 0.1) is 12.1 Å². The molecule has 0 unspecified atom stereocenters. The minimum Gasteiger partial charge on any atom is -0.493 e. The Balaban J connectivity index is 1.62. The Hall–Kier alpha value is -3.32. The van der Waals surface area contributed by atoms with E-state index in [2.05, 4.69) is 10.6 Å². The molecule has 0 aliphatic carbocycles. The van der Waals surface area contributed by atoms with Gasteiger partial charge in [0.2, 0.25) is 0 Å². The van der Waals surface area contributed by atoms with Gasteiger partial charge in [-0.25, -0.2) is 9.59 Å². The van der Waals surface area contributed by atoms with Gasteiger partial charge in [0.25, 0.3) is 0 Å². The van der Waals surface area contributed by atoms with E-state index in [9.17, 15) is 9.59 Å². The molecule has 2 N–H and O–H groups in total. The third-order valence-corrected chi connectivity index (χ3v) is 4.33. The number of hydrogen-bond donors (Lipinski definition) is 2. The van der Waals surface area contributed by atoms with Gasteiger partial charge in [0.15, 0.2) is 11.5 Å². The van der Waals surface area contributed by atoms with E-state index in [4.69, 9.17) is 9.47 Å². The van der Waals surface area contributed by atoms with Gasteiger partial charge in [-0.15, -0.1) is 11.3 Å². The largest absolute Gasteiger partial charge is 0.493 e. The van der Waals surface area contributed by atoms with Crippen LogP contribution in [0.15, 0.2) is 66.7 Å². The first-order chi connectivity index (χ1) is 12.7. The normalized spacial score (nSPS) is 10.0. The maximum absolute atomic E-state index is 12.3. The Bertz CT molecular complexity index is 909. The van der Waals surface area contributed by atoms with Gasteiger partial charge in [-0.2, -0.15) is 0 Å². The van der Waals surface area contributed by atoms with Crippen LogP contribution in [0, 0.1) is 0 Å². The Morgan fingerprint density at radius 2 is 1.54 bits per heavy atom. The number of hydrogen-bond acceptors (Lipinski definition) is 5. The standard InChI is InChI=1S/C19H16N2O4S/c1-24-14-9-5-6-10-15(14)25-18(22)16-11-12-17(26-16)21-19(23)20-13-7-3-2-4-8-13/h2-12H,1H3,(H2,20,21,23). The molecule has 0 fully saturated rings. The van der Waals surface area contributed by atoms with E-state index in [1.165, 1.54) is 7.11 Å². The van der Waals surface area contributed by atoms with Crippen molar-refractivity contribution in [2.45, 2.75) is 0 Å². The number of para-hydroxylation sites is 3. The van der Waals surface area contributed by atoms with Gasteiger partial charge < -0.3 is 14.8 Å². The third kappa shape index (κ3) is 4.40. The molecule has 2 aromatic carbocycles. The summed E-state index contributed by atoms with van der Waals surface area (Å²) in [5.41, 5.74) is 0.678. The van der Waals surface area contributed by atoms with E-state index in [-0.39, 0.29) is 6.03 Å². The van der Waals surface area contributed by atoms with Crippen LogP contribution in [0.4, 0.5) is 15.5 Å². The Morgan fingerprint density at radius 1 is 0.846 bits per heavy atom. The number of anilines is 2. The summed E-state index contributed by atoms with van der Waals surface area (Å²) in [5, 5.41) is 5.93. The smallest absolute Gasteiger partial charge is 0.353 e. The number of thiophene rings is 1. The lowest BCUT2D eigenvalue weighted by Gasteiger charge is -2.07. The van der Waals surface area contributed by atoms with Gasteiger partial charge in [0, 0.05) is 5.69 Å². The number of benzene rings is 2. The van der Waals surface area contributed by atoms with Crippen molar-refractivity contribution in [3.8, 4) is 11.5 Å². The predicted molar refractivity (Wildman–Crippen MR) is 101 cm³/mol. The summed E-state index contributed by atoms with van der Waals surface area (Å²) in [5.74, 6) is 0.291. The minimum absolute atomic E-state index is 0.338. The molecule has 7 heteroatoms. The molecule has 0 atom stereocenters. The molecule has 3 rings (SSSR count). The molecule has 0 aliphatic heterocycles. The highest BCUT2D eigenvalue weighted by Crippen LogP contribution is 2.29. The van der Waals surface area contributed by atoms with E-state index >= 15 is 0 Å². The summed E-state index contributed by atoms with van der Waals surface area (Å²) in [6, 6.07) is 18.8. The average molecular weight is 368 g/mol. The van der Waals surface area contributed by atoms with Gasteiger partial charge in [-0.05, 0) is 36.4 Å². The van der Waals surface area contributed by atoms with Crippen molar-refractivity contribution in [2.75, 3.05) is 17.7 Å². The molecule has 1 aromatic heterocycles. The average Bonchev–Trinajstić information content (AvgIpc) is 3.11. The number of ether oxygens (including phenoxy) is 2. The molecule has 0 aliphatic rings. The van der Waals surface area contributed by atoms with Crippen LogP contribution in [0.25, 0.3) is 0 Å². The molecular formula is C19H16N2O4S. The number of rotatable bonds is 5. The van der Waals surface area contributed by atoms with Crippen LogP contribution in [0.2, 0.25) is 0 Å². The molecule has 1 heterocycles. The summed E-state index contributed by atoms with van der Waals surface area (Å²) in [6.45, 7) is 0. The molecule has 3 aromatic rings. The fourth-order valence-electron chi connectivity index (χ4n) is 2.16. The zero-order valence-electron chi connectivity index (χ0n) is 13.9. The number of amides is 2. The zero-order chi connectivity index (χ0) is 18.4. The van der Waals surface area contributed by atoms with Crippen LogP contribution in [0.1, 0.15) is 9.67 Å². The zero-order valence-corrected chi connectivity index (χ0v) is 14.7. The van der Waals surface area contributed by atoms with Crippen LogP contribution in [-0.2, 0) is 0 Å². The molecule has 0 saturated heterocycles. The molecular weight excluding hydrogens is 352 g/mol. The highest BCUT2D eigenvalue weighted by Gasteiger charge is 2.15. The Morgan fingerprint density at radius 3 is 2.27 bits per heavy atom. The maximum Gasteiger partial charge on any atom is 0.353 e. The second-order valence-corrected chi connectivity index (χ2v) is 6.23. The first-order valence-corrected chi connectivity index (χ1v) is 8.55. The molecule has 6 nitrogen and oxygen atoms in total. The van der Waals surface area contributed by atoms with Crippen LogP contribution >= 0.6 is 11.3 Å². The molecule has 0 radical (unpaired) electrons. The van der Waals surface area contributed by atoms with Crippen molar-refractivity contribution in [3.05, 3.63) is 71.6 Å². The quantitative estimate of drug-likeness (QED) is 0.509. The van der Waals surface area contributed by atoms with Crippen molar-refractivity contribution < 1.29 is 19.1 Å². The first kappa shape index (κ1) is 17.5. The van der Waals surface area contributed by atoms with Crippen molar-refractivity contribution in [1.29, 1.82) is 0 Å². The number of carbonyl (C=O) groups excluding carboxylic acids is 2. The molecule has 26 heavy (non-hydrogen) atoms. The van der Waals surface area contributed by atoms with Crippen LogP contribution < -0.4 is 20.1 Å². The van der Waals surface area contributed by atoms with E-state index in [0.29, 0.717) is 27.1 Å². The summed E-state index contributed by atoms with van der Waals surface area (Å²) in [4.78, 5) is 24.6. The lowest BCUT2D eigenvalue weighted by Crippen LogP contribution is -2.18.